The third-order valence-corrected chi connectivity index (χ3v) is 1.91. The van der Waals surface area contributed by atoms with Gasteiger partial charge < -0.3 is 5.11 Å². The number of carboxylic acids is 1. The summed E-state index contributed by atoms with van der Waals surface area (Å²) in [6.45, 7) is 1.51. The lowest BCUT2D eigenvalue weighted by molar-refractivity contribution is -0.145. The van der Waals surface area contributed by atoms with Crippen molar-refractivity contribution in [2.75, 3.05) is 0 Å². The predicted octanol–water partition coefficient (Wildman–Crippen LogP) is 2.61. The van der Waals surface area contributed by atoms with Gasteiger partial charge >= 0.3 is 5.97 Å². The molecule has 0 fully saturated rings. The van der Waals surface area contributed by atoms with Crippen molar-refractivity contribution in [1.82, 2.24) is 4.98 Å². The molecule has 0 aliphatic rings. The molecule has 0 aliphatic carbocycles. The highest BCUT2D eigenvalue weighted by Crippen LogP contribution is 2.32. The molecule has 0 unspecified atom stereocenters. The van der Waals surface area contributed by atoms with Crippen LogP contribution >= 0.6 is 11.6 Å². The quantitative estimate of drug-likeness (QED) is 0.820. The summed E-state index contributed by atoms with van der Waals surface area (Å²) in [5.74, 6) is -4.99. The fraction of sp³-hybridized carbons (Fsp3) is 0.333. The molecule has 15 heavy (non-hydrogen) atoms. The number of aliphatic carboxylic acids is 1. The van der Waals surface area contributed by atoms with E-state index in [2.05, 4.69) is 4.98 Å². The minimum Gasteiger partial charge on any atom is -0.481 e. The Morgan fingerprint density at radius 3 is 2.67 bits per heavy atom. The van der Waals surface area contributed by atoms with Crippen LogP contribution in [0.15, 0.2) is 12.1 Å². The summed E-state index contributed by atoms with van der Waals surface area (Å²) in [7, 11) is 0. The standard InChI is InChI=1S/C9H8ClF2NO2/c1-5-2-6(3-7(10)13-5)9(11,12)4-8(14)15/h2-3H,4H2,1H3,(H,14,15). The Hall–Kier alpha value is -1.23. The number of halogens is 3. The van der Waals surface area contributed by atoms with Crippen LogP contribution in [0.25, 0.3) is 0 Å². The van der Waals surface area contributed by atoms with E-state index in [0.717, 1.165) is 12.1 Å². The van der Waals surface area contributed by atoms with E-state index >= 15 is 0 Å². The highest BCUT2D eigenvalue weighted by molar-refractivity contribution is 6.29. The Kier molecular flexibility index (Phi) is 3.24. The second kappa shape index (κ2) is 4.10. The molecule has 0 radical (unpaired) electrons. The Morgan fingerprint density at radius 2 is 2.20 bits per heavy atom. The lowest BCUT2D eigenvalue weighted by Crippen LogP contribution is -2.18. The zero-order valence-corrected chi connectivity index (χ0v) is 8.55. The van der Waals surface area contributed by atoms with Gasteiger partial charge in [0.05, 0.1) is 0 Å². The van der Waals surface area contributed by atoms with Gasteiger partial charge in [-0.15, -0.1) is 0 Å². The van der Waals surface area contributed by atoms with Gasteiger partial charge in [0.2, 0.25) is 0 Å². The molecule has 0 spiro atoms. The zero-order valence-electron chi connectivity index (χ0n) is 7.80. The van der Waals surface area contributed by atoms with Gasteiger partial charge in [-0.3, -0.25) is 4.79 Å². The Morgan fingerprint density at radius 1 is 1.60 bits per heavy atom. The maximum atomic E-state index is 13.3. The smallest absolute Gasteiger partial charge is 0.309 e. The van der Waals surface area contributed by atoms with Crippen molar-refractivity contribution in [3.8, 4) is 0 Å². The normalized spacial score (nSPS) is 11.5. The number of aryl methyl sites for hydroxylation is 1. The summed E-state index contributed by atoms with van der Waals surface area (Å²) in [6.07, 6.45) is -1.26. The van der Waals surface area contributed by atoms with E-state index in [-0.39, 0.29) is 5.15 Å². The van der Waals surface area contributed by atoms with Gasteiger partial charge in [-0.05, 0) is 19.1 Å². The molecule has 1 heterocycles. The first-order valence-electron chi connectivity index (χ1n) is 4.05. The molecule has 0 atom stereocenters. The van der Waals surface area contributed by atoms with Crippen molar-refractivity contribution in [3.63, 3.8) is 0 Å². The van der Waals surface area contributed by atoms with E-state index in [9.17, 15) is 13.6 Å². The molecule has 1 rings (SSSR count). The van der Waals surface area contributed by atoms with Crippen molar-refractivity contribution in [3.05, 3.63) is 28.5 Å². The number of hydrogen-bond acceptors (Lipinski definition) is 2. The van der Waals surface area contributed by atoms with Crippen LogP contribution in [0.1, 0.15) is 17.7 Å². The lowest BCUT2D eigenvalue weighted by Gasteiger charge is -2.14. The number of hydrogen-bond donors (Lipinski definition) is 1. The van der Waals surface area contributed by atoms with Crippen LogP contribution in [-0.2, 0) is 10.7 Å². The van der Waals surface area contributed by atoms with Crippen LogP contribution < -0.4 is 0 Å². The molecule has 0 bridgehead atoms. The Bertz CT molecular complexity index is 375. The van der Waals surface area contributed by atoms with Gasteiger partial charge in [0.1, 0.15) is 11.6 Å². The SMILES string of the molecule is Cc1cc(C(F)(F)CC(=O)O)cc(Cl)n1. The molecule has 0 saturated carbocycles. The second-order valence-electron chi connectivity index (χ2n) is 3.09. The number of nitrogens with zero attached hydrogens (tertiary/aromatic N) is 1. The highest BCUT2D eigenvalue weighted by atomic mass is 35.5. The number of alkyl halides is 2. The van der Waals surface area contributed by atoms with Crippen LogP contribution in [0.2, 0.25) is 5.15 Å². The van der Waals surface area contributed by atoms with E-state index < -0.39 is 23.9 Å². The third-order valence-electron chi connectivity index (χ3n) is 1.72. The maximum Gasteiger partial charge on any atom is 0.309 e. The van der Waals surface area contributed by atoms with Crippen LogP contribution in [0.4, 0.5) is 8.78 Å². The fourth-order valence-electron chi connectivity index (χ4n) is 1.13. The molecular formula is C9H8ClF2NO2. The van der Waals surface area contributed by atoms with Gasteiger partial charge in [-0.1, -0.05) is 11.6 Å². The van der Waals surface area contributed by atoms with Crippen LogP contribution in [-0.4, -0.2) is 16.1 Å². The third kappa shape index (κ3) is 3.13. The van der Waals surface area contributed by atoms with Gasteiger partial charge in [-0.2, -0.15) is 0 Å². The number of pyridine rings is 1. The molecule has 1 aromatic heterocycles. The monoisotopic (exact) mass is 235 g/mol. The Balaban J connectivity index is 3.08. The zero-order chi connectivity index (χ0) is 11.6. The van der Waals surface area contributed by atoms with Gasteiger partial charge in [-0.25, -0.2) is 13.8 Å². The van der Waals surface area contributed by atoms with E-state index in [1.54, 1.807) is 0 Å². The van der Waals surface area contributed by atoms with E-state index in [1.165, 1.54) is 6.92 Å². The average Bonchev–Trinajstić information content (AvgIpc) is 1.99. The molecule has 0 aliphatic heterocycles. The minimum absolute atomic E-state index is 0.0740. The molecule has 82 valence electrons. The Labute approximate surface area is 89.7 Å². The van der Waals surface area contributed by atoms with Crippen molar-refractivity contribution in [2.45, 2.75) is 19.3 Å². The summed E-state index contributed by atoms with van der Waals surface area (Å²) >= 11 is 5.50. The maximum absolute atomic E-state index is 13.3. The van der Waals surface area contributed by atoms with Gasteiger partial charge in [0.15, 0.2) is 0 Å². The molecule has 1 aromatic rings. The van der Waals surface area contributed by atoms with Crippen molar-refractivity contribution in [2.24, 2.45) is 0 Å². The number of carboxylic acid groups (broad SMARTS) is 1. The number of aromatic nitrogens is 1. The molecular weight excluding hydrogens is 228 g/mol. The first-order chi connectivity index (χ1) is 6.81. The molecule has 0 aromatic carbocycles. The van der Waals surface area contributed by atoms with Crippen LogP contribution in [0, 0.1) is 6.92 Å². The topological polar surface area (TPSA) is 50.2 Å². The van der Waals surface area contributed by atoms with E-state index in [1.807, 2.05) is 0 Å². The molecule has 1 N–H and O–H groups in total. The van der Waals surface area contributed by atoms with Crippen LogP contribution in [0.3, 0.4) is 0 Å². The molecule has 0 saturated heterocycles. The fourth-order valence-corrected chi connectivity index (χ4v) is 1.38. The van der Waals surface area contributed by atoms with Gasteiger partial charge in [0, 0.05) is 11.3 Å². The summed E-state index contributed by atoms with van der Waals surface area (Å²) in [6, 6.07) is 2.09. The first kappa shape index (κ1) is 11.8. The van der Waals surface area contributed by atoms with Crippen LogP contribution in [0.5, 0.6) is 0 Å². The molecule has 3 nitrogen and oxygen atoms in total. The summed E-state index contributed by atoms with van der Waals surface area (Å²) in [5.41, 5.74) is -0.107. The summed E-state index contributed by atoms with van der Waals surface area (Å²) < 4.78 is 26.6. The molecule has 0 amide bonds. The summed E-state index contributed by atoms with van der Waals surface area (Å²) in [4.78, 5) is 13.9. The van der Waals surface area contributed by atoms with Crippen molar-refractivity contribution in [1.29, 1.82) is 0 Å². The number of rotatable bonds is 3. The molecule has 6 heteroatoms. The highest BCUT2D eigenvalue weighted by Gasteiger charge is 2.35. The number of carbonyl (C=O) groups is 1. The minimum atomic E-state index is -3.43. The lowest BCUT2D eigenvalue weighted by atomic mass is 10.1. The van der Waals surface area contributed by atoms with E-state index in [4.69, 9.17) is 16.7 Å². The summed E-state index contributed by atoms with van der Waals surface area (Å²) in [5, 5.41) is 8.25. The van der Waals surface area contributed by atoms with Crippen molar-refractivity contribution < 1.29 is 18.7 Å². The second-order valence-corrected chi connectivity index (χ2v) is 3.48. The van der Waals surface area contributed by atoms with E-state index in [0.29, 0.717) is 5.69 Å². The predicted molar refractivity (Wildman–Crippen MR) is 50.1 cm³/mol. The average molecular weight is 236 g/mol. The van der Waals surface area contributed by atoms with Crippen molar-refractivity contribution >= 4 is 17.6 Å². The first-order valence-corrected chi connectivity index (χ1v) is 4.43. The largest absolute Gasteiger partial charge is 0.481 e. The van der Waals surface area contributed by atoms with Gasteiger partial charge in [0.25, 0.3) is 5.92 Å².